The van der Waals surface area contributed by atoms with Crippen LogP contribution in [0.1, 0.15) is 29.3 Å². The number of carbonyl (C=O) groups excluding carboxylic acids is 1. The number of nitrogens with zero attached hydrogens (tertiary/aromatic N) is 4. The standard InChI is InChI=1S/C28H25N7O/c1-18-14-22(4-6-24(18)33-21-8-11-30-12-9-21)34-28(36)20-3-7-27(32-17-20)35-26-10-13-31-25-5-2-19(16-29)15-23(25)26/h2-8,10-15,17-18,21,24,33H,9H2,1H3,(H,34,36)(H,31,32,35)/t18?,21?,24-/m0/s1. The molecule has 3 aromatic rings. The maximum Gasteiger partial charge on any atom is 0.257 e. The molecule has 2 unspecified atom stereocenters. The van der Waals surface area contributed by atoms with Crippen molar-refractivity contribution in [3.05, 3.63) is 96.1 Å². The number of nitrogens with one attached hydrogen (secondary N) is 3. The van der Waals surface area contributed by atoms with Gasteiger partial charge in [-0.1, -0.05) is 19.1 Å². The number of benzene rings is 1. The highest BCUT2D eigenvalue weighted by Gasteiger charge is 2.20. The summed E-state index contributed by atoms with van der Waals surface area (Å²) < 4.78 is 0. The second-order valence-corrected chi connectivity index (χ2v) is 8.76. The Kier molecular flexibility index (Phi) is 6.65. The van der Waals surface area contributed by atoms with Crippen LogP contribution in [0.4, 0.5) is 11.5 Å². The zero-order chi connectivity index (χ0) is 24.9. The molecule has 1 amide bonds. The summed E-state index contributed by atoms with van der Waals surface area (Å²) in [5.41, 5.74) is 3.35. The highest BCUT2D eigenvalue weighted by molar-refractivity contribution is 5.96. The summed E-state index contributed by atoms with van der Waals surface area (Å²) in [6, 6.07) is 13.3. The van der Waals surface area contributed by atoms with E-state index in [1.165, 1.54) is 0 Å². The van der Waals surface area contributed by atoms with E-state index in [0.29, 0.717) is 16.9 Å². The molecule has 0 saturated carbocycles. The SMILES string of the molecule is CC1C=C(NC(=O)c2ccc(Nc3ccnc4ccc(C#N)cc34)nc2)C=C[C@@H]1NC1C=CN=CC1. The third kappa shape index (κ3) is 5.22. The first-order valence-corrected chi connectivity index (χ1v) is 11.8. The minimum absolute atomic E-state index is 0.187. The van der Waals surface area contributed by atoms with Gasteiger partial charge in [0, 0.05) is 54.4 Å². The van der Waals surface area contributed by atoms with Crippen LogP contribution in [-0.2, 0) is 0 Å². The molecular weight excluding hydrogens is 450 g/mol. The largest absolute Gasteiger partial charge is 0.340 e. The Morgan fingerprint density at radius 1 is 1.14 bits per heavy atom. The van der Waals surface area contributed by atoms with E-state index < -0.39 is 0 Å². The Balaban J connectivity index is 1.22. The molecule has 0 bridgehead atoms. The van der Waals surface area contributed by atoms with Gasteiger partial charge in [-0.05, 0) is 54.5 Å². The lowest BCUT2D eigenvalue weighted by atomic mass is 9.94. The van der Waals surface area contributed by atoms with E-state index in [0.717, 1.165) is 28.7 Å². The first kappa shape index (κ1) is 23.1. The number of pyridine rings is 2. The Hall–Kier alpha value is -4.61. The van der Waals surface area contributed by atoms with Gasteiger partial charge in [0.05, 0.1) is 28.4 Å². The van der Waals surface area contributed by atoms with Crippen LogP contribution in [-0.4, -0.2) is 34.2 Å². The van der Waals surface area contributed by atoms with Gasteiger partial charge >= 0.3 is 0 Å². The van der Waals surface area contributed by atoms with Crippen molar-refractivity contribution in [2.24, 2.45) is 10.9 Å². The number of rotatable bonds is 6. The number of allylic oxidation sites excluding steroid dienone is 1. The minimum atomic E-state index is -0.219. The molecule has 2 aliphatic rings. The van der Waals surface area contributed by atoms with E-state index in [9.17, 15) is 10.1 Å². The van der Waals surface area contributed by atoms with Gasteiger partial charge in [-0.2, -0.15) is 5.26 Å². The minimum Gasteiger partial charge on any atom is -0.340 e. The van der Waals surface area contributed by atoms with Crippen LogP contribution in [0.25, 0.3) is 10.9 Å². The molecule has 178 valence electrons. The summed E-state index contributed by atoms with van der Waals surface area (Å²) in [5, 5.41) is 19.9. The first-order valence-electron chi connectivity index (χ1n) is 11.8. The number of aromatic nitrogens is 2. The summed E-state index contributed by atoms with van der Waals surface area (Å²) in [5.74, 6) is 0.588. The molecular formula is C28H25N7O. The van der Waals surface area contributed by atoms with Gasteiger partial charge in [0.25, 0.3) is 5.91 Å². The first-order chi connectivity index (χ1) is 17.6. The van der Waals surface area contributed by atoms with Crippen molar-refractivity contribution in [2.45, 2.75) is 25.4 Å². The molecule has 8 heteroatoms. The van der Waals surface area contributed by atoms with E-state index in [-0.39, 0.29) is 23.9 Å². The fourth-order valence-electron chi connectivity index (χ4n) is 4.22. The van der Waals surface area contributed by atoms with Gasteiger partial charge in [-0.3, -0.25) is 14.8 Å². The lowest BCUT2D eigenvalue weighted by Crippen LogP contribution is -2.41. The van der Waals surface area contributed by atoms with Crippen LogP contribution < -0.4 is 16.0 Å². The second kappa shape index (κ2) is 10.3. The molecule has 36 heavy (non-hydrogen) atoms. The topological polar surface area (TPSA) is 115 Å². The molecule has 0 fully saturated rings. The van der Waals surface area contributed by atoms with E-state index in [1.807, 2.05) is 30.6 Å². The zero-order valence-electron chi connectivity index (χ0n) is 19.7. The predicted molar refractivity (Wildman–Crippen MR) is 141 cm³/mol. The summed E-state index contributed by atoms with van der Waals surface area (Å²) in [6.45, 7) is 2.12. The number of carbonyl (C=O) groups is 1. The third-order valence-corrected chi connectivity index (χ3v) is 6.18. The maximum atomic E-state index is 12.8. The van der Waals surface area contributed by atoms with Crippen LogP contribution in [0.15, 0.2) is 90.0 Å². The number of anilines is 2. The molecule has 8 nitrogen and oxygen atoms in total. The van der Waals surface area contributed by atoms with E-state index >= 15 is 0 Å². The normalized spacial score (nSPS) is 20.6. The molecule has 3 N–H and O–H groups in total. The predicted octanol–water partition coefficient (Wildman–Crippen LogP) is 4.38. The van der Waals surface area contributed by atoms with Crippen molar-refractivity contribution in [1.29, 1.82) is 5.26 Å². The number of nitriles is 1. The van der Waals surface area contributed by atoms with Crippen LogP contribution in [0.2, 0.25) is 0 Å². The average Bonchev–Trinajstić information content (AvgIpc) is 2.91. The summed E-state index contributed by atoms with van der Waals surface area (Å²) in [6.07, 6.45) is 16.0. The van der Waals surface area contributed by atoms with Crippen molar-refractivity contribution < 1.29 is 4.79 Å². The van der Waals surface area contributed by atoms with Crippen molar-refractivity contribution in [2.75, 3.05) is 5.32 Å². The van der Waals surface area contributed by atoms with E-state index in [2.05, 4.69) is 62.1 Å². The molecule has 1 aliphatic heterocycles. The van der Waals surface area contributed by atoms with E-state index in [4.69, 9.17) is 0 Å². The smallest absolute Gasteiger partial charge is 0.257 e. The summed E-state index contributed by atoms with van der Waals surface area (Å²) >= 11 is 0. The van der Waals surface area contributed by atoms with Crippen molar-refractivity contribution >= 4 is 34.5 Å². The Morgan fingerprint density at radius 2 is 2.06 bits per heavy atom. The molecule has 3 atom stereocenters. The lowest BCUT2D eigenvalue weighted by Gasteiger charge is -2.28. The summed E-state index contributed by atoms with van der Waals surface area (Å²) in [4.78, 5) is 25.7. The summed E-state index contributed by atoms with van der Waals surface area (Å²) in [7, 11) is 0. The quantitative estimate of drug-likeness (QED) is 0.487. The average molecular weight is 476 g/mol. The molecule has 0 radical (unpaired) electrons. The molecule has 3 heterocycles. The Morgan fingerprint density at radius 3 is 2.81 bits per heavy atom. The molecule has 0 saturated heterocycles. The van der Waals surface area contributed by atoms with Crippen molar-refractivity contribution in [3.63, 3.8) is 0 Å². The van der Waals surface area contributed by atoms with Crippen LogP contribution in [0.3, 0.4) is 0 Å². The van der Waals surface area contributed by atoms with Crippen LogP contribution >= 0.6 is 0 Å². The van der Waals surface area contributed by atoms with Gasteiger partial charge < -0.3 is 16.0 Å². The molecule has 1 aromatic carbocycles. The van der Waals surface area contributed by atoms with Crippen molar-refractivity contribution in [3.8, 4) is 6.07 Å². The highest BCUT2D eigenvalue weighted by atomic mass is 16.1. The highest BCUT2D eigenvalue weighted by Crippen LogP contribution is 2.25. The third-order valence-electron chi connectivity index (χ3n) is 6.18. The molecule has 0 spiro atoms. The van der Waals surface area contributed by atoms with E-state index in [1.54, 1.807) is 36.7 Å². The van der Waals surface area contributed by atoms with Gasteiger partial charge in [-0.25, -0.2) is 4.98 Å². The lowest BCUT2D eigenvalue weighted by molar-refractivity contribution is 0.0966. The van der Waals surface area contributed by atoms with Gasteiger partial charge in [-0.15, -0.1) is 0 Å². The van der Waals surface area contributed by atoms with Crippen molar-refractivity contribution in [1.82, 2.24) is 20.6 Å². The number of hydrogen-bond acceptors (Lipinski definition) is 7. The number of hydrogen-bond donors (Lipinski definition) is 3. The fraction of sp³-hybridized carbons (Fsp3) is 0.179. The van der Waals surface area contributed by atoms with Crippen LogP contribution in [0.5, 0.6) is 0 Å². The molecule has 2 aromatic heterocycles. The maximum absolute atomic E-state index is 12.8. The number of aliphatic imine (C=N–C) groups is 1. The second-order valence-electron chi connectivity index (χ2n) is 8.76. The molecule has 5 rings (SSSR count). The van der Waals surface area contributed by atoms with Gasteiger partial charge in [0.2, 0.25) is 0 Å². The number of fused-ring (bicyclic) bond motifs is 1. The fourth-order valence-corrected chi connectivity index (χ4v) is 4.22. The zero-order valence-corrected chi connectivity index (χ0v) is 19.7. The van der Waals surface area contributed by atoms with Gasteiger partial charge in [0.15, 0.2) is 0 Å². The van der Waals surface area contributed by atoms with Crippen LogP contribution in [0, 0.1) is 17.2 Å². The monoisotopic (exact) mass is 475 g/mol. The number of amides is 1. The molecule has 1 aliphatic carbocycles. The Labute approximate surface area is 209 Å². The Bertz CT molecular complexity index is 1450. The van der Waals surface area contributed by atoms with Gasteiger partial charge in [0.1, 0.15) is 5.82 Å².